The highest BCUT2D eigenvalue weighted by atomic mass is 32.2. The molecule has 0 radical (unpaired) electrons. The third-order valence-electron chi connectivity index (χ3n) is 5.17. The van der Waals surface area contributed by atoms with Crippen LogP contribution in [0.3, 0.4) is 0 Å². The van der Waals surface area contributed by atoms with E-state index < -0.39 is 29.8 Å². The second-order valence-corrected chi connectivity index (χ2v) is 9.22. The summed E-state index contributed by atoms with van der Waals surface area (Å²) in [5.74, 6) is -5.55. The van der Waals surface area contributed by atoms with Crippen LogP contribution in [0, 0.1) is 19.8 Å². The number of aliphatic carboxylic acids is 2. The minimum Gasteiger partial charge on any atom is -0.481 e. The number of carbonyl (C=O) groups is 3. The predicted molar refractivity (Wildman–Crippen MR) is 124 cm³/mol. The van der Waals surface area contributed by atoms with E-state index in [1.54, 1.807) is 13.0 Å². The molecule has 1 aliphatic heterocycles. The first-order chi connectivity index (χ1) is 15.1. The standard InChI is InChI=1S/C22H21NO7S2/c1-4-5-14(16(20(26)27)21(28)29)23-19(25)15(32-22(23)31)8-12-9-30-18-11(3)6-10(2)7-13(18)17(12)24/h6-9,14,16H,4-5H2,1-3H3,(H,26,27)(H,28,29)/b15-8+. The average Bonchev–Trinajstić information content (AvgIpc) is 2.96. The first-order valence-electron chi connectivity index (χ1n) is 9.82. The molecule has 2 aromatic rings. The van der Waals surface area contributed by atoms with Gasteiger partial charge in [0.15, 0.2) is 11.3 Å². The number of thiocarbonyl (C=S) groups is 1. The van der Waals surface area contributed by atoms with Crippen LogP contribution in [-0.4, -0.2) is 43.3 Å². The molecule has 1 aliphatic rings. The number of hydrogen-bond donors (Lipinski definition) is 2. The summed E-state index contributed by atoms with van der Waals surface area (Å²) in [4.78, 5) is 50.4. The van der Waals surface area contributed by atoms with Crippen LogP contribution in [0.4, 0.5) is 0 Å². The van der Waals surface area contributed by atoms with Crippen molar-refractivity contribution in [3.63, 3.8) is 0 Å². The van der Waals surface area contributed by atoms with E-state index in [1.807, 2.05) is 19.9 Å². The van der Waals surface area contributed by atoms with Crippen LogP contribution in [0.25, 0.3) is 17.0 Å². The van der Waals surface area contributed by atoms with E-state index in [-0.39, 0.29) is 26.6 Å². The third kappa shape index (κ3) is 4.33. The molecule has 1 fully saturated rings. The maximum atomic E-state index is 13.1. The fraction of sp³-hybridized carbons (Fsp3) is 0.318. The molecule has 1 aromatic carbocycles. The molecule has 168 valence electrons. The van der Waals surface area contributed by atoms with Crippen molar-refractivity contribution in [3.05, 3.63) is 50.2 Å². The zero-order valence-corrected chi connectivity index (χ0v) is 19.2. The van der Waals surface area contributed by atoms with Crippen LogP contribution in [0.5, 0.6) is 0 Å². The number of thioether (sulfide) groups is 1. The van der Waals surface area contributed by atoms with Gasteiger partial charge in [0.1, 0.15) is 16.2 Å². The number of carboxylic acid groups (broad SMARTS) is 2. The quantitative estimate of drug-likeness (QED) is 0.351. The number of aryl methyl sites for hydroxylation is 2. The van der Waals surface area contributed by atoms with E-state index in [1.165, 1.54) is 12.3 Å². The van der Waals surface area contributed by atoms with Gasteiger partial charge < -0.3 is 14.6 Å². The Hall–Kier alpha value is -2.98. The van der Waals surface area contributed by atoms with Crippen LogP contribution < -0.4 is 5.43 Å². The third-order valence-corrected chi connectivity index (χ3v) is 6.50. The number of benzene rings is 1. The van der Waals surface area contributed by atoms with Crippen LogP contribution >= 0.6 is 24.0 Å². The zero-order valence-electron chi connectivity index (χ0n) is 17.6. The Morgan fingerprint density at radius 2 is 1.88 bits per heavy atom. The fourth-order valence-electron chi connectivity index (χ4n) is 3.79. The van der Waals surface area contributed by atoms with E-state index in [2.05, 4.69) is 0 Å². The van der Waals surface area contributed by atoms with Crippen molar-refractivity contribution in [2.24, 2.45) is 5.92 Å². The SMILES string of the molecule is CCCC(C(C(=O)O)C(=O)O)N1C(=O)/C(=C\c2coc3c(C)cc(C)cc3c2=O)SC1=S. The molecule has 1 aromatic heterocycles. The summed E-state index contributed by atoms with van der Waals surface area (Å²) in [6.45, 7) is 5.45. The molecule has 3 rings (SSSR count). The number of carboxylic acids is 2. The summed E-state index contributed by atoms with van der Waals surface area (Å²) < 4.78 is 5.67. The molecule has 32 heavy (non-hydrogen) atoms. The average molecular weight is 476 g/mol. The summed E-state index contributed by atoms with van der Waals surface area (Å²) in [6, 6.07) is 2.45. The number of fused-ring (bicyclic) bond motifs is 1. The molecule has 2 N–H and O–H groups in total. The molecule has 10 heteroatoms. The molecular formula is C22H21NO7S2. The fourth-order valence-corrected chi connectivity index (χ4v) is 5.16. The van der Waals surface area contributed by atoms with Crippen molar-refractivity contribution in [2.75, 3.05) is 0 Å². The summed E-state index contributed by atoms with van der Waals surface area (Å²) >= 11 is 6.17. The number of hydrogen-bond acceptors (Lipinski definition) is 7. The van der Waals surface area contributed by atoms with Gasteiger partial charge in [0.2, 0.25) is 0 Å². The summed E-state index contributed by atoms with van der Waals surface area (Å²) in [7, 11) is 0. The van der Waals surface area contributed by atoms with Crippen LogP contribution in [0.2, 0.25) is 0 Å². The molecule has 0 aliphatic carbocycles. The minimum atomic E-state index is -1.83. The molecule has 0 saturated carbocycles. The molecule has 2 heterocycles. The molecule has 1 unspecified atom stereocenters. The van der Waals surface area contributed by atoms with E-state index in [0.29, 0.717) is 17.4 Å². The van der Waals surface area contributed by atoms with Gasteiger partial charge in [-0.2, -0.15) is 0 Å². The second kappa shape index (κ2) is 9.25. The molecule has 1 saturated heterocycles. The summed E-state index contributed by atoms with van der Waals surface area (Å²) in [5, 5.41) is 19.2. The van der Waals surface area contributed by atoms with Crippen molar-refractivity contribution in [1.29, 1.82) is 0 Å². The zero-order chi connectivity index (χ0) is 23.7. The van der Waals surface area contributed by atoms with Gasteiger partial charge in [-0.3, -0.25) is 24.1 Å². The lowest BCUT2D eigenvalue weighted by atomic mass is 9.94. The summed E-state index contributed by atoms with van der Waals surface area (Å²) in [6.07, 6.45) is 3.20. The maximum Gasteiger partial charge on any atom is 0.320 e. The van der Waals surface area contributed by atoms with Crippen LogP contribution in [0.15, 0.2) is 32.5 Å². The molecule has 1 amide bonds. The van der Waals surface area contributed by atoms with Gasteiger partial charge in [-0.15, -0.1) is 0 Å². The van der Waals surface area contributed by atoms with Crippen LogP contribution in [0.1, 0.15) is 36.5 Å². The number of amides is 1. The van der Waals surface area contributed by atoms with E-state index in [0.717, 1.165) is 27.8 Å². The molecular weight excluding hydrogens is 454 g/mol. The Kier molecular flexibility index (Phi) is 6.85. The molecule has 1 atom stereocenters. The van der Waals surface area contributed by atoms with Gasteiger partial charge in [0.05, 0.1) is 21.9 Å². The van der Waals surface area contributed by atoms with Crippen LogP contribution in [-0.2, 0) is 14.4 Å². The largest absolute Gasteiger partial charge is 0.481 e. The normalized spacial score (nSPS) is 16.4. The van der Waals surface area contributed by atoms with Gasteiger partial charge in [-0.1, -0.05) is 43.4 Å². The van der Waals surface area contributed by atoms with Crippen molar-refractivity contribution in [2.45, 2.75) is 39.7 Å². The van der Waals surface area contributed by atoms with Crippen molar-refractivity contribution < 1.29 is 29.0 Å². The monoisotopic (exact) mass is 475 g/mol. The Morgan fingerprint density at radius 1 is 1.22 bits per heavy atom. The van der Waals surface area contributed by atoms with E-state index in [4.69, 9.17) is 16.6 Å². The highest BCUT2D eigenvalue weighted by Gasteiger charge is 2.45. The van der Waals surface area contributed by atoms with E-state index in [9.17, 15) is 29.4 Å². The second-order valence-electron chi connectivity index (χ2n) is 7.54. The Bertz CT molecular complexity index is 1220. The Morgan fingerprint density at radius 3 is 2.47 bits per heavy atom. The van der Waals surface area contributed by atoms with E-state index >= 15 is 0 Å². The minimum absolute atomic E-state index is 0.0454. The number of rotatable bonds is 7. The predicted octanol–water partition coefficient (Wildman–Crippen LogP) is 3.57. The van der Waals surface area contributed by atoms with Crippen molar-refractivity contribution >= 4 is 63.2 Å². The molecule has 8 nitrogen and oxygen atoms in total. The molecule has 0 bridgehead atoms. The Labute approximate surface area is 192 Å². The number of carbonyl (C=O) groups excluding carboxylic acids is 1. The lowest BCUT2D eigenvalue weighted by molar-refractivity contribution is -0.157. The highest BCUT2D eigenvalue weighted by Crippen LogP contribution is 2.36. The lowest BCUT2D eigenvalue weighted by Gasteiger charge is -2.29. The maximum absolute atomic E-state index is 13.1. The smallest absolute Gasteiger partial charge is 0.320 e. The van der Waals surface area contributed by atoms with Gasteiger partial charge >= 0.3 is 11.9 Å². The molecule has 0 spiro atoms. The van der Waals surface area contributed by atoms with Gasteiger partial charge in [-0.05, 0) is 43.5 Å². The topological polar surface area (TPSA) is 125 Å². The van der Waals surface area contributed by atoms with Crippen molar-refractivity contribution in [3.8, 4) is 0 Å². The lowest BCUT2D eigenvalue weighted by Crippen LogP contribution is -2.48. The Balaban J connectivity index is 2.05. The van der Waals surface area contributed by atoms with Gasteiger partial charge in [0, 0.05) is 0 Å². The van der Waals surface area contributed by atoms with Gasteiger partial charge in [0.25, 0.3) is 5.91 Å². The van der Waals surface area contributed by atoms with Crippen molar-refractivity contribution in [1.82, 2.24) is 4.90 Å². The van der Waals surface area contributed by atoms with Gasteiger partial charge in [-0.25, -0.2) is 0 Å². The number of nitrogens with zero attached hydrogens (tertiary/aromatic N) is 1. The summed E-state index contributed by atoms with van der Waals surface area (Å²) in [5.41, 5.74) is 1.98. The first-order valence-corrected chi connectivity index (χ1v) is 11.0. The highest BCUT2D eigenvalue weighted by molar-refractivity contribution is 8.26. The first kappa shape index (κ1) is 23.7.